The van der Waals surface area contributed by atoms with Crippen LogP contribution in [0.5, 0.6) is 0 Å². The first kappa shape index (κ1) is 13.4. The second kappa shape index (κ2) is 5.71. The summed E-state index contributed by atoms with van der Waals surface area (Å²) in [6.45, 7) is 0.765. The molecule has 6 heteroatoms. The highest BCUT2D eigenvalue weighted by atomic mass is 35.5. The summed E-state index contributed by atoms with van der Waals surface area (Å²) < 4.78 is 1.21. The van der Waals surface area contributed by atoms with Crippen molar-refractivity contribution in [1.29, 1.82) is 0 Å². The average molecular weight is 272 g/mol. The van der Waals surface area contributed by atoms with Gasteiger partial charge in [0.25, 0.3) is 5.56 Å². The minimum absolute atomic E-state index is 0.143. The second-order valence-corrected chi connectivity index (χ2v) is 5.23. The molecule has 1 aliphatic rings. The van der Waals surface area contributed by atoms with E-state index in [0.29, 0.717) is 11.6 Å². The molecule has 1 heterocycles. The van der Waals surface area contributed by atoms with Crippen LogP contribution in [0.1, 0.15) is 25.7 Å². The maximum Gasteiger partial charge on any atom is 0.287 e. The first-order valence-electron chi connectivity index (χ1n) is 6.21. The van der Waals surface area contributed by atoms with Crippen LogP contribution in [0, 0.1) is 5.92 Å². The number of rotatable bonds is 3. The molecular weight excluding hydrogens is 254 g/mol. The predicted octanol–water partition coefficient (Wildman–Crippen LogP) is 1.40. The van der Waals surface area contributed by atoms with E-state index in [1.54, 1.807) is 13.2 Å². The Balaban J connectivity index is 1.94. The average Bonchev–Trinajstić information content (AvgIpc) is 2.37. The van der Waals surface area contributed by atoms with E-state index in [2.05, 4.69) is 10.4 Å². The van der Waals surface area contributed by atoms with Crippen LogP contribution < -0.4 is 10.9 Å². The fraction of sp³-hybridized carbons (Fsp3) is 0.667. The molecular formula is C12H18ClN3O2. The van der Waals surface area contributed by atoms with Gasteiger partial charge in [-0.1, -0.05) is 11.6 Å². The maximum atomic E-state index is 11.6. The zero-order valence-corrected chi connectivity index (χ0v) is 11.2. The third-order valence-corrected chi connectivity index (χ3v) is 3.84. The molecule has 1 aliphatic carbocycles. The van der Waals surface area contributed by atoms with E-state index in [1.807, 2.05) is 0 Å². The topological polar surface area (TPSA) is 67.2 Å². The number of nitrogens with zero attached hydrogens (tertiary/aromatic N) is 2. The van der Waals surface area contributed by atoms with Crippen LogP contribution in [0.4, 0.5) is 5.69 Å². The third-order valence-electron chi connectivity index (χ3n) is 3.48. The van der Waals surface area contributed by atoms with Gasteiger partial charge in [-0.15, -0.1) is 0 Å². The minimum atomic E-state index is -0.291. The largest absolute Gasteiger partial charge is 0.393 e. The van der Waals surface area contributed by atoms with Gasteiger partial charge in [0.1, 0.15) is 5.02 Å². The molecule has 0 atom stereocenters. The molecule has 0 saturated heterocycles. The maximum absolute atomic E-state index is 11.6. The lowest BCUT2D eigenvalue weighted by molar-refractivity contribution is 0.111. The molecule has 1 aromatic rings. The minimum Gasteiger partial charge on any atom is -0.393 e. The Bertz CT molecular complexity index is 467. The summed E-state index contributed by atoms with van der Waals surface area (Å²) in [4.78, 5) is 11.6. The number of aryl methyl sites for hydroxylation is 1. The molecule has 1 saturated carbocycles. The number of halogens is 1. The molecule has 0 amide bonds. The van der Waals surface area contributed by atoms with Gasteiger partial charge >= 0.3 is 0 Å². The van der Waals surface area contributed by atoms with Crippen LogP contribution in [0.3, 0.4) is 0 Å². The van der Waals surface area contributed by atoms with Gasteiger partial charge in [0.2, 0.25) is 0 Å². The van der Waals surface area contributed by atoms with Gasteiger partial charge in [-0.25, -0.2) is 4.68 Å². The van der Waals surface area contributed by atoms with E-state index in [4.69, 9.17) is 11.6 Å². The van der Waals surface area contributed by atoms with E-state index in [9.17, 15) is 9.90 Å². The van der Waals surface area contributed by atoms with Crippen LogP contribution >= 0.6 is 11.6 Å². The lowest BCUT2D eigenvalue weighted by atomic mass is 9.87. The zero-order valence-electron chi connectivity index (χ0n) is 10.4. The van der Waals surface area contributed by atoms with Crippen molar-refractivity contribution in [1.82, 2.24) is 9.78 Å². The van der Waals surface area contributed by atoms with Crippen LogP contribution in [0.25, 0.3) is 0 Å². The Labute approximate surface area is 111 Å². The summed E-state index contributed by atoms with van der Waals surface area (Å²) in [5, 5.41) is 16.7. The highest BCUT2D eigenvalue weighted by Gasteiger charge is 2.19. The SMILES string of the molecule is Cn1ncc(NCC2CCC(O)CC2)c(Cl)c1=O. The summed E-state index contributed by atoms with van der Waals surface area (Å²) in [5.41, 5.74) is 0.298. The molecule has 0 bridgehead atoms. The lowest BCUT2D eigenvalue weighted by Crippen LogP contribution is -2.25. The smallest absolute Gasteiger partial charge is 0.287 e. The summed E-state index contributed by atoms with van der Waals surface area (Å²) >= 11 is 5.96. The molecule has 1 aromatic heterocycles. The second-order valence-electron chi connectivity index (χ2n) is 4.86. The Morgan fingerprint density at radius 1 is 1.50 bits per heavy atom. The summed E-state index contributed by atoms with van der Waals surface area (Å²) in [5.74, 6) is 0.522. The monoisotopic (exact) mass is 271 g/mol. The van der Waals surface area contributed by atoms with E-state index in [1.165, 1.54) is 4.68 Å². The zero-order chi connectivity index (χ0) is 13.1. The van der Waals surface area contributed by atoms with Crippen molar-refractivity contribution in [2.24, 2.45) is 13.0 Å². The molecule has 0 aromatic carbocycles. The highest BCUT2D eigenvalue weighted by molar-refractivity contribution is 6.32. The molecule has 0 unspecified atom stereocenters. The quantitative estimate of drug-likeness (QED) is 0.872. The molecule has 2 N–H and O–H groups in total. The van der Waals surface area contributed by atoms with Crippen molar-refractivity contribution in [2.45, 2.75) is 31.8 Å². The fourth-order valence-corrected chi connectivity index (χ4v) is 2.48. The number of anilines is 1. The Morgan fingerprint density at radius 2 is 2.17 bits per heavy atom. The van der Waals surface area contributed by atoms with E-state index in [0.717, 1.165) is 32.2 Å². The number of aliphatic hydroxyl groups excluding tert-OH is 1. The van der Waals surface area contributed by atoms with E-state index >= 15 is 0 Å². The normalized spacial score (nSPS) is 23.9. The molecule has 1 fully saturated rings. The van der Waals surface area contributed by atoms with Crippen LogP contribution in [-0.2, 0) is 7.05 Å². The highest BCUT2D eigenvalue weighted by Crippen LogP contribution is 2.25. The number of nitrogens with one attached hydrogen (secondary N) is 1. The Hall–Kier alpha value is -1.07. The molecule has 0 aliphatic heterocycles. The van der Waals surface area contributed by atoms with Gasteiger partial charge in [0.15, 0.2) is 0 Å². The molecule has 18 heavy (non-hydrogen) atoms. The fourth-order valence-electron chi connectivity index (χ4n) is 2.24. The van der Waals surface area contributed by atoms with Crippen molar-refractivity contribution in [3.05, 3.63) is 21.6 Å². The lowest BCUT2D eigenvalue weighted by Gasteiger charge is -2.25. The van der Waals surface area contributed by atoms with Crippen LogP contribution in [0.15, 0.2) is 11.0 Å². The number of aliphatic hydroxyl groups is 1. The van der Waals surface area contributed by atoms with Gasteiger partial charge in [0, 0.05) is 13.6 Å². The summed E-state index contributed by atoms with van der Waals surface area (Å²) in [6, 6.07) is 0. The summed E-state index contributed by atoms with van der Waals surface area (Å²) in [6.07, 6.45) is 5.15. The van der Waals surface area contributed by atoms with Crippen LogP contribution in [0.2, 0.25) is 5.02 Å². The molecule has 0 spiro atoms. The van der Waals surface area contributed by atoms with Gasteiger partial charge in [-0.3, -0.25) is 4.79 Å². The van der Waals surface area contributed by atoms with Gasteiger partial charge in [-0.05, 0) is 31.6 Å². The molecule has 2 rings (SSSR count). The van der Waals surface area contributed by atoms with Crippen molar-refractivity contribution in [2.75, 3.05) is 11.9 Å². The molecule has 0 radical (unpaired) electrons. The standard InChI is InChI=1S/C12H18ClN3O2/c1-16-12(18)11(13)10(7-15-16)14-6-8-2-4-9(17)5-3-8/h7-9,14,17H,2-6H2,1H3. The Kier molecular flexibility index (Phi) is 4.24. The van der Waals surface area contributed by atoms with Crippen molar-refractivity contribution in [3.63, 3.8) is 0 Å². The first-order chi connectivity index (χ1) is 8.58. The third kappa shape index (κ3) is 3.03. The van der Waals surface area contributed by atoms with Gasteiger partial charge in [-0.2, -0.15) is 5.10 Å². The van der Waals surface area contributed by atoms with Crippen molar-refractivity contribution < 1.29 is 5.11 Å². The number of aromatic nitrogens is 2. The van der Waals surface area contributed by atoms with Crippen LogP contribution in [-0.4, -0.2) is 27.5 Å². The van der Waals surface area contributed by atoms with E-state index in [-0.39, 0.29) is 16.7 Å². The van der Waals surface area contributed by atoms with Crippen molar-refractivity contribution >= 4 is 17.3 Å². The Morgan fingerprint density at radius 3 is 2.83 bits per heavy atom. The number of hydrogen-bond acceptors (Lipinski definition) is 4. The molecule has 100 valence electrons. The van der Waals surface area contributed by atoms with Gasteiger partial charge in [0.05, 0.1) is 18.0 Å². The molecule has 5 nitrogen and oxygen atoms in total. The van der Waals surface area contributed by atoms with E-state index < -0.39 is 0 Å². The van der Waals surface area contributed by atoms with Crippen molar-refractivity contribution in [3.8, 4) is 0 Å². The summed E-state index contributed by atoms with van der Waals surface area (Å²) in [7, 11) is 1.57. The number of hydrogen-bond donors (Lipinski definition) is 2. The van der Waals surface area contributed by atoms with Gasteiger partial charge < -0.3 is 10.4 Å². The first-order valence-corrected chi connectivity index (χ1v) is 6.59. The predicted molar refractivity (Wildman–Crippen MR) is 70.9 cm³/mol.